The van der Waals surface area contributed by atoms with Crippen molar-refractivity contribution in [2.24, 2.45) is 0 Å². The van der Waals surface area contributed by atoms with Gasteiger partial charge in [-0.15, -0.1) is 0 Å². The highest BCUT2D eigenvalue weighted by Crippen LogP contribution is 2.26. The summed E-state index contributed by atoms with van der Waals surface area (Å²) in [6, 6.07) is 12.5. The first-order valence-corrected chi connectivity index (χ1v) is 8.36. The van der Waals surface area contributed by atoms with Crippen molar-refractivity contribution in [1.82, 2.24) is 0 Å². The van der Waals surface area contributed by atoms with Crippen LogP contribution in [0.2, 0.25) is 10.0 Å². The number of carboxylic acid groups (broad SMARTS) is 1. The molecule has 1 atom stereocenters. The predicted octanol–water partition coefficient (Wildman–Crippen LogP) is 5.37. The Morgan fingerprint density at radius 2 is 1.75 bits per heavy atom. The van der Waals surface area contributed by atoms with Crippen molar-refractivity contribution in [2.45, 2.75) is 38.7 Å². The number of aliphatic carboxylic acids is 1. The van der Waals surface area contributed by atoms with Gasteiger partial charge in [0.2, 0.25) is 0 Å². The van der Waals surface area contributed by atoms with Crippen molar-refractivity contribution >= 4 is 29.2 Å². The van der Waals surface area contributed by atoms with E-state index < -0.39 is 12.1 Å². The van der Waals surface area contributed by atoms with Gasteiger partial charge in [0.15, 0.2) is 6.10 Å². The normalized spacial score (nSPS) is 12.7. The fraction of sp³-hybridized carbons (Fsp3) is 0.316. The summed E-state index contributed by atoms with van der Waals surface area (Å²) in [5, 5.41) is 10.4. The van der Waals surface area contributed by atoms with E-state index >= 15 is 0 Å². The van der Waals surface area contributed by atoms with Gasteiger partial charge in [0.1, 0.15) is 5.75 Å². The van der Waals surface area contributed by atoms with Crippen molar-refractivity contribution in [3.63, 3.8) is 0 Å². The average Bonchev–Trinajstić information content (AvgIpc) is 2.48. The van der Waals surface area contributed by atoms with Gasteiger partial charge in [0, 0.05) is 16.5 Å². The van der Waals surface area contributed by atoms with Crippen LogP contribution >= 0.6 is 23.2 Å². The summed E-state index contributed by atoms with van der Waals surface area (Å²) < 4.78 is 5.64. The highest BCUT2D eigenvalue weighted by molar-refractivity contribution is 6.35. The molecule has 2 aromatic carbocycles. The summed E-state index contributed by atoms with van der Waals surface area (Å²) in [4.78, 5) is 11.5. The minimum absolute atomic E-state index is 0.0293. The molecule has 0 saturated carbocycles. The van der Waals surface area contributed by atoms with Gasteiger partial charge < -0.3 is 9.84 Å². The second-order valence-electron chi connectivity index (χ2n) is 6.66. The van der Waals surface area contributed by atoms with Gasteiger partial charge in [-0.3, -0.25) is 0 Å². The maximum atomic E-state index is 11.5. The van der Waals surface area contributed by atoms with Gasteiger partial charge in [-0.05, 0) is 40.8 Å². The second-order valence-corrected chi connectivity index (χ2v) is 7.50. The Balaban J connectivity index is 2.15. The molecule has 0 heterocycles. The van der Waals surface area contributed by atoms with Gasteiger partial charge >= 0.3 is 5.97 Å². The molecule has 0 bridgehead atoms. The molecule has 2 rings (SSSR count). The van der Waals surface area contributed by atoms with Crippen LogP contribution in [0.5, 0.6) is 5.75 Å². The monoisotopic (exact) mass is 366 g/mol. The molecule has 5 heteroatoms. The number of carbonyl (C=O) groups is 1. The fourth-order valence-corrected chi connectivity index (χ4v) is 2.75. The van der Waals surface area contributed by atoms with Crippen LogP contribution in [-0.4, -0.2) is 17.2 Å². The SMILES string of the molecule is CC(C)(C)c1ccc(O[C@H](Cc2ccc(Cl)cc2Cl)C(=O)O)cc1. The van der Waals surface area contributed by atoms with Crippen LogP contribution in [-0.2, 0) is 16.6 Å². The summed E-state index contributed by atoms with van der Waals surface area (Å²) in [6.45, 7) is 6.35. The lowest BCUT2D eigenvalue weighted by molar-refractivity contribution is -0.145. The van der Waals surface area contributed by atoms with Crippen LogP contribution in [0.15, 0.2) is 42.5 Å². The molecule has 0 aliphatic carbocycles. The van der Waals surface area contributed by atoms with Gasteiger partial charge in [0.05, 0.1) is 0 Å². The zero-order valence-electron chi connectivity index (χ0n) is 13.8. The molecular weight excluding hydrogens is 347 g/mol. The van der Waals surface area contributed by atoms with E-state index in [-0.39, 0.29) is 11.8 Å². The van der Waals surface area contributed by atoms with Crippen LogP contribution in [0, 0.1) is 0 Å². The minimum atomic E-state index is -1.04. The van der Waals surface area contributed by atoms with E-state index in [1.807, 2.05) is 12.1 Å². The summed E-state index contributed by atoms with van der Waals surface area (Å²) in [6.07, 6.45) is -0.865. The number of hydrogen-bond donors (Lipinski definition) is 1. The first-order valence-electron chi connectivity index (χ1n) is 7.61. The lowest BCUT2D eigenvalue weighted by atomic mass is 9.87. The summed E-state index contributed by atoms with van der Waals surface area (Å²) in [5.41, 5.74) is 1.86. The molecule has 3 nitrogen and oxygen atoms in total. The molecule has 2 aromatic rings. The van der Waals surface area contributed by atoms with E-state index in [2.05, 4.69) is 20.8 Å². The second kappa shape index (κ2) is 7.45. The Labute approximate surface area is 152 Å². The fourth-order valence-electron chi connectivity index (χ4n) is 2.26. The molecule has 24 heavy (non-hydrogen) atoms. The predicted molar refractivity (Wildman–Crippen MR) is 97.4 cm³/mol. The van der Waals surface area contributed by atoms with Crippen LogP contribution in [0.4, 0.5) is 0 Å². The number of halogens is 2. The van der Waals surface area contributed by atoms with Gasteiger partial charge in [0.25, 0.3) is 0 Å². The quantitative estimate of drug-likeness (QED) is 0.773. The lowest BCUT2D eigenvalue weighted by Crippen LogP contribution is -2.29. The Bertz CT molecular complexity index is 718. The van der Waals surface area contributed by atoms with Gasteiger partial charge in [-0.1, -0.05) is 62.2 Å². The minimum Gasteiger partial charge on any atom is -0.478 e. The standard InChI is InChI=1S/C19H20Cl2O3/c1-19(2,3)13-5-8-15(9-6-13)24-17(18(22)23)10-12-4-7-14(20)11-16(12)21/h4-9,11,17H,10H2,1-3H3,(H,22,23)/t17-/m1/s1. The van der Waals surface area contributed by atoms with Crippen molar-refractivity contribution in [3.8, 4) is 5.75 Å². The van der Waals surface area contributed by atoms with Crippen molar-refractivity contribution in [1.29, 1.82) is 0 Å². The van der Waals surface area contributed by atoms with E-state index in [1.54, 1.807) is 30.3 Å². The van der Waals surface area contributed by atoms with Gasteiger partial charge in [-0.2, -0.15) is 0 Å². The largest absolute Gasteiger partial charge is 0.478 e. The molecule has 0 aliphatic heterocycles. The molecule has 0 unspecified atom stereocenters. The van der Waals surface area contributed by atoms with E-state index in [1.165, 1.54) is 0 Å². The number of rotatable bonds is 5. The lowest BCUT2D eigenvalue weighted by Gasteiger charge is -2.20. The zero-order valence-corrected chi connectivity index (χ0v) is 15.4. The Morgan fingerprint density at radius 1 is 1.12 bits per heavy atom. The first kappa shape index (κ1) is 18.6. The molecule has 1 N–H and O–H groups in total. The van der Waals surface area contributed by atoms with Crippen LogP contribution < -0.4 is 4.74 Å². The Morgan fingerprint density at radius 3 is 2.25 bits per heavy atom. The third kappa shape index (κ3) is 4.89. The smallest absolute Gasteiger partial charge is 0.345 e. The Hall–Kier alpha value is -1.71. The van der Waals surface area contributed by atoms with Crippen LogP contribution in [0.1, 0.15) is 31.9 Å². The summed E-state index contributed by atoms with van der Waals surface area (Å²) >= 11 is 12.0. The van der Waals surface area contributed by atoms with E-state index in [0.29, 0.717) is 21.4 Å². The number of hydrogen-bond acceptors (Lipinski definition) is 2. The molecule has 0 amide bonds. The number of carboxylic acids is 1. The summed E-state index contributed by atoms with van der Waals surface area (Å²) in [5.74, 6) is -0.526. The molecule has 0 spiro atoms. The third-order valence-corrected chi connectivity index (χ3v) is 4.28. The maximum Gasteiger partial charge on any atom is 0.345 e. The highest BCUT2D eigenvalue weighted by Gasteiger charge is 2.22. The van der Waals surface area contributed by atoms with Gasteiger partial charge in [-0.25, -0.2) is 4.79 Å². The molecule has 0 aliphatic rings. The summed E-state index contributed by atoms with van der Waals surface area (Å²) in [7, 11) is 0. The molecule has 128 valence electrons. The highest BCUT2D eigenvalue weighted by atomic mass is 35.5. The molecule has 0 saturated heterocycles. The van der Waals surface area contributed by atoms with E-state index in [9.17, 15) is 9.90 Å². The van der Waals surface area contributed by atoms with Crippen LogP contribution in [0.3, 0.4) is 0 Å². The van der Waals surface area contributed by atoms with E-state index in [0.717, 1.165) is 5.56 Å². The topological polar surface area (TPSA) is 46.5 Å². The van der Waals surface area contributed by atoms with Crippen molar-refractivity contribution in [2.75, 3.05) is 0 Å². The number of benzene rings is 2. The van der Waals surface area contributed by atoms with Crippen molar-refractivity contribution < 1.29 is 14.6 Å². The Kier molecular flexibility index (Phi) is 5.79. The number of ether oxygens (including phenoxy) is 1. The molecular formula is C19H20Cl2O3. The van der Waals surface area contributed by atoms with Crippen molar-refractivity contribution in [3.05, 3.63) is 63.6 Å². The van der Waals surface area contributed by atoms with Crippen LogP contribution in [0.25, 0.3) is 0 Å². The zero-order chi connectivity index (χ0) is 17.9. The first-order chi connectivity index (χ1) is 11.2. The molecule has 0 fully saturated rings. The average molecular weight is 367 g/mol. The molecule has 0 radical (unpaired) electrons. The third-order valence-electron chi connectivity index (χ3n) is 3.69. The molecule has 0 aromatic heterocycles. The maximum absolute atomic E-state index is 11.5. The van der Waals surface area contributed by atoms with E-state index in [4.69, 9.17) is 27.9 Å².